The maximum absolute atomic E-state index is 10.9. The number of fused-ring (bicyclic) bond motifs is 1. The zero-order valence-corrected chi connectivity index (χ0v) is 10.2. The number of hydrogen-bond donors (Lipinski definition) is 1. The van der Waals surface area contributed by atoms with Gasteiger partial charge in [-0.15, -0.1) is 11.6 Å². The van der Waals surface area contributed by atoms with Crippen LogP contribution in [0.2, 0.25) is 0 Å². The molecule has 0 unspecified atom stereocenters. The number of aryl methyl sites for hydroxylation is 2. The SMILES string of the molecule is NC(=O)CCn1c(CCCl)nc2ccccc21. The van der Waals surface area contributed by atoms with Crippen LogP contribution in [0.5, 0.6) is 0 Å². The normalized spacial score (nSPS) is 10.9. The first-order valence-corrected chi connectivity index (χ1v) is 6.04. The number of nitrogens with two attached hydrogens (primary N) is 1. The molecular weight excluding hydrogens is 238 g/mol. The Morgan fingerprint density at radius 1 is 1.41 bits per heavy atom. The number of para-hydroxylation sites is 2. The number of carbonyl (C=O) groups is 1. The molecule has 0 fully saturated rings. The summed E-state index contributed by atoms with van der Waals surface area (Å²) in [5, 5.41) is 0. The van der Waals surface area contributed by atoms with Crippen LogP contribution in [0.1, 0.15) is 12.2 Å². The minimum absolute atomic E-state index is 0.306. The number of hydrogen-bond acceptors (Lipinski definition) is 2. The molecule has 17 heavy (non-hydrogen) atoms. The molecule has 1 aromatic heterocycles. The van der Waals surface area contributed by atoms with Crippen molar-refractivity contribution in [3.8, 4) is 0 Å². The van der Waals surface area contributed by atoms with Gasteiger partial charge >= 0.3 is 0 Å². The number of imidazole rings is 1. The van der Waals surface area contributed by atoms with E-state index in [2.05, 4.69) is 4.98 Å². The summed E-state index contributed by atoms with van der Waals surface area (Å²) in [6, 6.07) is 7.84. The molecule has 2 rings (SSSR count). The monoisotopic (exact) mass is 251 g/mol. The largest absolute Gasteiger partial charge is 0.370 e. The second kappa shape index (κ2) is 5.19. The van der Waals surface area contributed by atoms with Gasteiger partial charge in [0.05, 0.1) is 11.0 Å². The Balaban J connectivity index is 2.40. The number of rotatable bonds is 5. The van der Waals surface area contributed by atoms with Gasteiger partial charge in [-0.05, 0) is 12.1 Å². The van der Waals surface area contributed by atoms with Crippen molar-refractivity contribution >= 4 is 28.5 Å². The first kappa shape index (κ1) is 11.9. The Labute approximate surface area is 104 Å². The zero-order valence-electron chi connectivity index (χ0n) is 9.40. The number of benzene rings is 1. The van der Waals surface area contributed by atoms with Crippen molar-refractivity contribution in [2.75, 3.05) is 5.88 Å². The van der Waals surface area contributed by atoms with Crippen molar-refractivity contribution in [3.63, 3.8) is 0 Å². The number of aromatic nitrogens is 2. The molecule has 2 N–H and O–H groups in total. The van der Waals surface area contributed by atoms with Gasteiger partial charge in [0.25, 0.3) is 0 Å². The third kappa shape index (κ3) is 2.58. The molecule has 0 spiro atoms. The highest BCUT2D eigenvalue weighted by Gasteiger charge is 2.10. The molecule has 0 aliphatic rings. The average Bonchev–Trinajstić information content (AvgIpc) is 2.64. The van der Waals surface area contributed by atoms with Crippen molar-refractivity contribution < 1.29 is 4.79 Å². The number of primary amides is 1. The maximum Gasteiger partial charge on any atom is 0.219 e. The number of halogens is 1. The van der Waals surface area contributed by atoms with Crippen molar-refractivity contribution in [1.29, 1.82) is 0 Å². The number of carbonyl (C=O) groups excluding carboxylic acids is 1. The van der Waals surface area contributed by atoms with Crippen LogP contribution in [0, 0.1) is 0 Å². The van der Waals surface area contributed by atoms with E-state index in [1.807, 2.05) is 28.8 Å². The molecule has 0 aliphatic carbocycles. The lowest BCUT2D eigenvalue weighted by atomic mass is 10.3. The second-order valence-electron chi connectivity index (χ2n) is 3.82. The summed E-state index contributed by atoms with van der Waals surface area (Å²) in [6.45, 7) is 0.558. The summed E-state index contributed by atoms with van der Waals surface area (Å²) in [4.78, 5) is 15.4. The van der Waals surface area contributed by atoms with Crippen LogP contribution in [-0.2, 0) is 17.8 Å². The van der Waals surface area contributed by atoms with Crippen molar-refractivity contribution in [2.45, 2.75) is 19.4 Å². The molecule has 0 atom stereocenters. The fourth-order valence-electron chi connectivity index (χ4n) is 1.87. The van der Waals surface area contributed by atoms with Gasteiger partial charge in [-0.2, -0.15) is 0 Å². The quantitative estimate of drug-likeness (QED) is 0.822. The summed E-state index contributed by atoms with van der Waals surface area (Å²) in [7, 11) is 0. The molecule has 0 bridgehead atoms. The number of alkyl halides is 1. The van der Waals surface area contributed by atoms with E-state index < -0.39 is 0 Å². The molecule has 4 nitrogen and oxygen atoms in total. The van der Waals surface area contributed by atoms with Crippen LogP contribution in [0.25, 0.3) is 11.0 Å². The predicted molar refractivity (Wildman–Crippen MR) is 68.0 cm³/mol. The summed E-state index contributed by atoms with van der Waals surface area (Å²) in [6.07, 6.45) is 1.00. The van der Waals surface area contributed by atoms with E-state index in [0.717, 1.165) is 16.9 Å². The molecule has 0 radical (unpaired) electrons. The molecule has 0 saturated heterocycles. The van der Waals surface area contributed by atoms with Gasteiger partial charge in [-0.3, -0.25) is 4.79 Å². The van der Waals surface area contributed by atoms with E-state index >= 15 is 0 Å². The number of nitrogens with zero attached hydrogens (tertiary/aromatic N) is 2. The van der Waals surface area contributed by atoms with E-state index in [1.165, 1.54) is 0 Å². The standard InChI is InChI=1S/C12H14ClN3O/c13-7-5-12-15-9-3-1-2-4-10(9)16(12)8-6-11(14)17/h1-4H,5-8H2,(H2,14,17). The van der Waals surface area contributed by atoms with E-state index in [4.69, 9.17) is 17.3 Å². The molecule has 1 amide bonds. The fraction of sp³-hybridized carbons (Fsp3) is 0.333. The third-order valence-corrected chi connectivity index (χ3v) is 2.82. The van der Waals surface area contributed by atoms with Gasteiger partial charge in [0.15, 0.2) is 0 Å². The predicted octanol–water partition coefficient (Wildman–Crippen LogP) is 1.69. The van der Waals surface area contributed by atoms with Gasteiger partial charge in [-0.1, -0.05) is 12.1 Å². The number of amides is 1. The van der Waals surface area contributed by atoms with E-state index in [-0.39, 0.29) is 5.91 Å². The second-order valence-corrected chi connectivity index (χ2v) is 4.20. The Kier molecular flexibility index (Phi) is 3.64. The van der Waals surface area contributed by atoms with Crippen LogP contribution in [0.3, 0.4) is 0 Å². The first-order chi connectivity index (χ1) is 8.22. The van der Waals surface area contributed by atoms with Crippen LogP contribution in [-0.4, -0.2) is 21.3 Å². The Morgan fingerprint density at radius 2 is 2.18 bits per heavy atom. The van der Waals surface area contributed by atoms with Gasteiger partial charge in [0.1, 0.15) is 5.82 Å². The molecule has 0 saturated carbocycles. The highest BCUT2D eigenvalue weighted by atomic mass is 35.5. The lowest BCUT2D eigenvalue weighted by Gasteiger charge is -2.06. The summed E-state index contributed by atoms with van der Waals surface area (Å²) in [5.41, 5.74) is 7.13. The lowest BCUT2D eigenvalue weighted by Crippen LogP contribution is -2.15. The highest BCUT2D eigenvalue weighted by Crippen LogP contribution is 2.17. The molecule has 0 aliphatic heterocycles. The van der Waals surface area contributed by atoms with Gasteiger partial charge in [0, 0.05) is 25.3 Å². The lowest BCUT2D eigenvalue weighted by molar-refractivity contribution is -0.118. The van der Waals surface area contributed by atoms with E-state index in [0.29, 0.717) is 25.3 Å². The summed E-state index contributed by atoms with van der Waals surface area (Å²) < 4.78 is 2.02. The van der Waals surface area contributed by atoms with Crippen molar-refractivity contribution in [2.24, 2.45) is 5.73 Å². The van der Waals surface area contributed by atoms with Gasteiger partial charge < -0.3 is 10.3 Å². The first-order valence-electron chi connectivity index (χ1n) is 5.51. The van der Waals surface area contributed by atoms with E-state index in [1.54, 1.807) is 0 Å². The molecule has 1 aromatic carbocycles. The van der Waals surface area contributed by atoms with Crippen LogP contribution < -0.4 is 5.73 Å². The van der Waals surface area contributed by atoms with E-state index in [9.17, 15) is 4.79 Å². The summed E-state index contributed by atoms with van der Waals surface area (Å²) >= 11 is 5.75. The zero-order chi connectivity index (χ0) is 12.3. The van der Waals surface area contributed by atoms with Crippen molar-refractivity contribution in [3.05, 3.63) is 30.1 Å². The van der Waals surface area contributed by atoms with Gasteiger partial charge in [0.2, 0.25) is 5.91 Å². The molecule has 90 valence electrons. The molecular formula is C12H14ClN3O. The fourth-order valence-corrected chi connectivity index (χ4v) is 2.04. The molecule has 1 heterocycles. The average molecular weight is 252 g/mol. The maximum atomic E-state index is 10.9. The Morgan fingerprint density at radius 3 is 2.88 bits per heavy atom. The van der Waals surface area contributed by atoms with Crippen LogP contribution in [0.4, 0.5) is 0 Å². The molecule has 5 heteroatoms. The Bertz CT molecular complexity index is 536. The third-order valence-electron chi connectivity index (χ3n) is 2.63. The Hall–Kier alpha value is -1.55. The highest BCUT2D eigenvalue weighted by molar-refractivity contribution is 6.17. The smallest absolute Gasteiger partial charge is 0.219 e. The minimum atomic E-state index is -0.306. The van der Waals surface area contributed by atoms with Crippen LogP contribution in [0.15, 0.2) is 24.3 Å². The molecule has 2 aromatic rings. The van der Waals surface area contributed by atoms with Crippen molar-refractivity contribution in [1.82, 2.24) is 9.55 Å². The topological polar surface area (TPSA) is 60.9 Å². The van der Waals surface area contributed by atoms with Crippen LogP contribution >= 0.6 is 11.6 Å². The minimum Gasteiger partial charge on any atom is -0.370 e. The van der Waals surface area contributed by atoms with Gasteiger partial charge in [-0.25, -0.2) is 4.98 Å². The summed E-state index contributed by atoms with van der Waals surface area (Å²) in [5.74, 6) is 1.11.